The first kappa shape index (κ1) is 13.0. The van der Waals surface area contributed by atoms with Crippen LogP contribution in [0.1, 0.15) is 38.3 Å². The van der Waals surface area contributed by atoms with Gasteiger partial charge in [0.25, 0.3) is 0 Å². The summed E-state index contributed by atoms with van der Waals surface area (Å²) < 4.78 is 0. The van der Waals surface area contributed by atoms with Gasteiger partial charge in [-0.3, -0.25) is 9.59 Å². The molecular weight excluding hydrogens is 256 g/mol. The van der Waals surface area contributed by atoms with Gasteiger partial charge in [0.05, 0.1) is 6.04 Å². The van der Waals surface area contributed by atoms with Crippen LogP contribution >= 0.6 is 0 Å². The molecule has 5 nitrogen and oxygen atoms in total. The molecule has 0 bridgehead atoms. The third-order valence-corrected chi connectivity index (χ3v) is 4.46. The van der Waals surface area contributed by atoms with Gasteiger partial charge in [-0.05, 0) is 12.5 Å². The third kappa shape index (κ3) is 1.77. The summed E-state index contributed by atoms with van der Waals surface area (Å²) in [5.41, 5.74) is 0.475. The van der Waals surface area contributed by atoms with Crippen LogP contribution in [0.25, 0.3) is 0 Å². The summed E-state index contributed by atoms with van der Waals surface area (Å²) in [4.78, 5) is 25.4. The number of aromatic hydroxyl groups is 1. The lowest BCUT2D eigenvalue weighted by Crippen LogP contribution is -2.46. The van der Waals surface area contributed by atoms with Crippen LogP contribution in [0.15, 0.2) is 24.3 Å². The van der Waals surface area contributed by atoms with Crippen LogP contribution < -0.4 is 5.32 Å². The zero-order valence-electron chi connectivity index (χ0n) is 11.6. The van der Waals surface area contributed by atoms with E-state index in [4.69, 9.17) is 0 Å². The molecule has 5 heteroatoms. The molecule has 2 amide bonds. The topological polar surface area (TPSA) is 69.6 Å². The Balaban J connectivity index is 2.03. The molecule has 0 aliphatic carbocycles. The van der Waals surface area contributed by atoms with Gasteiger partial charge in [0.15, 0.2) is 0 Å². The van der Waals surface area contributed by atoms with Gasteiger partial charge in [-0.1, -0.05) is 25.1 Å². The van der Waals surface area contributed by atoms with Gasteiger partial charge >= 0.3 is 0 Å². The lowest BCUT2D eigenvalue weighted by Gasteiger charge is -2.30. The first-order valence-corrected chi connectivity index (χ1v) is 6.78. The van der Waals surface area contributed by atoms with Crippen molar-refractivity contribution in [3.05, 3.63) is 29.8 Å². The number of carbonyl (C=O) groups excluding carboxylic acids is 2. The first-order chi connectivity index (χ1) is 9.42. The van der Waals surface area contributed by atoms with Crippen molar-refractivity contribution < 1.29 is 14.7 Å². The third-order valence-electron chi connectivity index (χ3n) is 4.46. The molecule has 2 fully saturated rings. The van der Waals surface area contributed by atoms with Crippen molar-refractivity contribution in [3.8, 4) is 5.75 Å². The Morgan fingerprint density at radius 3 is 2.80 bits per heavy atom. The quantitative estimate of drug-likeness (QED) is 0.816. The van der Waals surface area contributed by atoms with E-state index in [1.807, 2.05) is 19.1 Å². The van der Waals surface area contributed by atoms with Crippen LogP contribution in [0.4, 0.5) is 0 Å². The second-order valence-corrected chi connectivity index (χ2v) is 6.01. The standard InChI is InChI=1S/C15H18N2O3/c1-9(18)17-11(10-5-3-4-6-12(10)19)7-15(2)8-13(20)16-14(15)17/h3-6,11,14,19H,7-8H2,1-2H3,(H,16,20)/t11-,14-,15+/m0/s1. The number of para-hydroxylation sites is 1. The molecule has 0 aromatic heterocycles. The smallest absolute Gasteiger partial charge is 0.222 e. The molecule has 0 spiro atoms. The Morgan fingerprint density at radius 2 is 2.15 bits per heavy atom. The van der Waals surface area contributed by atoms with E-state index in [0.717, 1.165) is 5.56 Å². The highest BCUT2D eigenvalue weighted by Gasteiger charge is 2.56. The summed E-state index contributed by atoms with van der Waals surface area (Å²) in [7, 11) is 0. The van der Waals surface area contributed by atoms with E-state index in [9.17, 15) is 14.7 Å². The van der Waals surface area contributed by atoms with Crippen molar-refractivity contribution >= 4 is 11.8 Å². The summed E-state index contributed by atoms with van der Waals surface area (Å²) >= 11 is 0. The highest BCUT2D eigenvalue weighted by Crippen LogP contribution is 2.52. The fourth-order valence-corrected chi connectivity index (χ4v) is 3.58. The summed E-state index contributed by atoms with van der Waals surface area (Å²) in [6.45, 7) is 3.52. The van der Waals surface area contributed by atoms with E-state index in [1.54, 1.807) is 17.0 Å². The van der Waals surface area contributed by atoms with Crippen LogP contribution in [0.3, 0.4) is 0 Å². The van der Waals surface area contributed by atoms with Crippen LogP contribution in [0.5, 0.6) is 5.75 Å². The Hall–Kier alpha value is -2.04. The highest BCUT2D eigenvalue weighted by atomic mass is 16.3. The predicted molar refractivity (Wildman–Crippen MR) is 72.6 cm³/mol. The minimum atomic E-state index is -0.280. The molecule has 0 unspecified atom stereocenters. The Morgan fingerprint density at radius 1 is 1.45 bits per heavy atom. The van der Waals surface area contributed by atoms with Gasteiger partial charge in [0, 0.05) is 24.3 Å². The van der Waals surface area contributed by atoms with Crippen molar-refractivity contribution in [2.75, 3.05) is 0 Å². The van der Waals surface area contributed by atoms with Gasteiger partial charge in [-0.2, -0.15) is 0 Å². The van der Waals surface area contributed by atoms with Gasteiger partial charge in [0.2, 0.25) is 11.8 Å². The van der Waals surface area contributed by atoms with Gasteiger partial charge in [-0.25, -0.2) is 0 Å². The molecule has 2 saturated heterocycles. The number of phenolic OH excluding ortho intramolecular Hbond substituents is 1. The number of likely N-dealkylation sites (tertiary alicyclic amines) is 1. The van der Waals surface area contributed by atoms with Crippen molar-refractivity contribution in [1.82, 2.24) is 10.2 Å². The molecular formula is C15H18N2O3. The maximum atomic E-state index is 12.0. The Kier molecular flexibility index (Phi) is 2.74. The van der Waals surface area contributed by atoms with E-state index in [0.29, 0.717) is 12.8 Å². The molecule has 3 rings (SSSR count). The molecule has 3 atom stereocenters. The van der Waals surface area contributed by atoms with E-state index in [2.05, 4.69) is 5.32 Å². The number of hydrogen-bond donors (Lipinski definition) is 2. The van der Waals surface area contributed by atoms with E-state index >= 15 is 0 Å². The molecule has 1 aromatic carbocycles. The zero-order valence-corrected chi connectivity index (χ0v) is 11.6. The second kappa shape index (κ2) is 4.23. The number of nitrogens with zero attached hydrogens (tertiary/aromatic N) is 1. The molecule has 2 aliphatic heterocycles. The molecule has 2 heterocycles. The largest absolute Gasteiger partial charge is 0.508 e. The normalized spacial score (nSPS) is 32.1. The monoisotopic (exact) mass is 274 g/mol. The number of phenols is 1. The lowest BCUT2D eigenvalue weighted by molar-refractivity contribution is -0.133. The molecule has 2 aliphatic rings. The van der Waals surface area contributed by atoms with Crippen LogP contribution in [-0.2, 0) is 9.59 Å². The average molecular weight is 274 g/mol. The number of amides is 2. The van der Waals surface area contributed by atoms with Gasteiger partial charge < -0.3 is 15.3 Å². The van der Waals surface area contributed by atoms with Crippen molar-refractivity contribution in [2.45, 2.75) is 38.9 Å². The minimum absolute atomic E-state index is 0.0144. The van der Waals surface area contributed by atoms with Crippen molar-refractivity contribution in [2.24, 2.45) is 5.41 Å². The minimum Gasteiger partial charge on any atom is -0.508 e. The van der Waals surface area contributed by atoms with Gasteiger partial charge in [0.1, 0.15) is 11.9 Å². The maximum absolute atomic E-state index is 12.0. The molecule has 0 saturated carbocycles. The second-order valence-electron chi connectivity index (χ2n) is 6.01. The van der Waals surface area contributed by atoms with Crippen LogP contribution in [-0.4, -0.2) is 28.0 Å². The molecule has 106 valence electrons. The number of nitrogens with one attached hydrogen (secondary N) is 1. The number of rotatable bonds is 1. The fourth-order valence-electron chi connectivity index (χ4n) is 3.58. The van der Waals surface area contributed by atoms with Crippen LogP contribution in [0.2, 0.25) is 0 Å². The lowest BCUT2D eigenvalue weighted by atomic mass is 9.83. The molecule has 1 aromatic rings. The van der Waals surface area contributed by atoms with Crippen molar-refractivity contribution in [1.29, 1.82) is 0 Å². The maximum Gasteiger partial charge on any atom is 0.222 e. The Bertz CT molecular complexity index is 586. The van der Waals surface area contributed by atoms with E-state index in [1.165, 1.54) is 6.92 Å². The zero-order chi connectivity index (χ0) is 14.5. The van der Waals surface area contributed by atoms with Gasteiger partial charge in [-0.15, -0.1) is 0 Å². The number of hydrogen-bond acceptors (Lipinski definition) is 3. The summed E-state index contributed by atoms with van der Waals surface area (Å²) in [6, 6.07) is 6.88. The van der Waals surface area contributed by atoms with E-state index in [-0.39, 0.29) is 35.2 Å². The predicted octanol–water partition coefficient (Wildman–Crippen LogP) is 1.54. The first-order valence-electron chi connectivity index (χ1n) is 6.78. The number of carbonyl (C=O) groups is 2. The fraction of sp³-hybridized carbons (Fsp3) is 0.467. The SMILES string of the molecule is CC(=O)N1[C@H](c2ccccc2O)C[C@]2(C)CC(=O)N[C@@H]12. The number of benzene rings is 1. The van der Waals surface area contributed by atoms with E-state index < -0.39 is 0 Å². The summed E-state index contributed by atoms with van der Waals surface area (Å²) in [5.74, 6) is 0.0901. The van der Waals surface area contributed by atoms with Crippen molar-refractivity contribution in [3.63, 3.8) is 0 Å². The summed E-state index contributed by atoms with van der Waals surface area (Å²) in [6.07, 6.45) is 0.816. The molecule has 20 heavy (non-hydrogen) atoms. The summed E-state index contributed by atoms with van der Waals surface area (Å²) in [5, 5.41) is 12.9. The highest BCUT2D eigenvalue weighted by molar-refractivity contribution is 5.83. The van der Waals surface area contributed by atoms with Crippen LogP contribution in [0, 0.1) is 5.41 Å². The molecule has 0 radical (unpaired) electrons. The Labute approximate surface area is 117 Å². The molecule has 2 N–H and O–H groups in total. The number of fused-ring (bicyclic) bond motifs is 1. The average Bonchev–Trinajstić information content (AvgIpc) is 2.78.